The van der Waals surface area contributed by atoms with Crippen molar-refractivity contribution in [3.63, 3.8) is 0 Å². The quantitative estimate of drug-likeness (QED) is 0.345. The first kappa shape index (κ1) is 15.1. The summed E-state index contributed by atoms with van der Waals surface area (Å²) in [5, 5.41) is 13.5. The highest BCUT2D eigenvalue weighted by molar-refractivity contribution is 5.99. The van der Waals surface area contributed by atoms with Crippen molar-refractivity contribution in [2.75, 3.05) is 5.32 Å². The van der Waals surface area contributed by atoms with Gasteiger partial charge in [0, 0.05) is 17.7 Å². The van der Waals surface area contributed by atoms with Crippen molar-refractivity contribution >= 4 is 17.4 Å². The van der Waals surface area contributed by atoms with Crippen molar-refractivity contribution in [3.8, 4) is 0 Å². The Bertz CT molecular complexity index is 581. The van der Waals surface area contributed by atoms with Gasteiger partial charge in [0.05, 0.1) is 5.56 Å². The zero-order valence-corrected chi connectivity index (χ0v) is 10.9. The fourth-order valence-electron chi connectivity index (χ4n) is 1.93. The molecule has 8 heteroatoms. The van der Waals surface area contributed by atoms with Crippen molar-refractivity contribution in [3.05, 3.63) is 29.3 Å². The van der Waals surface area contributed by atoms with Crippen LogP contribution in [0.3, 0.4) is 0 Å². The smallest absolute Gasteiger partial charge is 0.409 e. The van der Waals surface area contributed by atoms with Crippen LogP contribution in [0.15, 0.2) is 23.4 Å². The molecule has 1 fully saturated rings. The van der Waals surface area contributed by atoms with Crippen LogP contribution in [-0.4, -0.2) is 17.0 Å². The number of amides is 1. The van der Waals surface area contributed by atoms with Crippen molar-refractivity contribution in [1.29, 1.82) is 0 Å². The first-order chi connectivity index (χ1) is 9.81. The molecule has 114 valence electrons. The van der Waals surface area contributed by atoms with Gasteiger partial charge < -0.3 is 16.3 Å². The Morgan fingerprint density at radius 3 is 2.62 bits per heavy atom. The lowest BCUT2D eigenvalue weighted by atomic mass is 10.0. The Balaban J connectivity index is 2.26. The highest BCUT2D eigenvalue weighted by Crippen LogP contribution is 2.35. The van der Waals surface area contributed by atoms with Crippen LogP contribution in [0.2, 0.25) is 0 Å². The molecule has 0 radical (unpaired) electrons. The van der Waals surface area contributed by atoms with Crippen molar-refractivity contribution in [2.24, 2.45) is 16.8 Å². The van der Waals surface area contributed by atoms with E-state index in [4.69, 9.17) is 10.9 Å². The summed E-state index contributed by atoms with van der Waals surface area (Å²) in [5.41, 5.74) is 3.75. The number of carbonyl (C=O) groups excluding carboxylic acids is 1. The van der Waals surface area contributed by atoms with Gasteiger partial charge in [-0.25, -0.2) is 0 Å². The molecule has 1 aromatic rings. The molecule has 4 N–H and O–H groups in total. The molecule has 5 nitrogen and oxygen atoms in total. The number of hydrogen-bond acceptors (Lipinski definition) is 3. The van der Waals surface area contributed by atoms with Gasteiger partial charge in [-0.15, -0.1) is 0 Å². The maximum Gasteiger partial charge on any atom is 0.417 e. The summed E-state index contributed by atoms with van der Waals surface area (Å²) in [6.45, 7) is 0. The van der Waals surface area contributed by atoms with Gasteiger partial charge in [-0.1, -0.05) is 5.16 Å². The third-order valence-electron chi connectivity index (χ3n) is 3.16. The molecule has 0 saturated heterocycles. The number of nitrogens with two attached hydrogens (primary N) is 1. The van der Waals surface area contributed by atoms with E-state index >= 15 is 0 Å². The number of halogens is 3. The number of alkyl halides is 3. The van der Waals surface area contributed by atoms with Crippen LogP contribution in [0.5, 0.6) is 0 Å². The number of carbonyl (C=O) groups is 1. The first-order valence-corrected chi connectivity index (χ1v) is 6.30. The van der Waals surface area contributed by atoms with Gasteiger partial charge in [-0.3, -0.25) is 4.79 Å². The molecule has 2 rings (SSSR count). The lowest BCUT2D eigenvalue weighted by Gasteiger charge is -2.14. The van der Waals surface area contributed by atoms with Crippen LogP contribution in [0.25, 0.3) is 0 Å². The summed E-state index contributed by atoms with van der Waals surface area (Å²) in [6.07, 6.45) is -2.42. The van der Waals surface area contributed by atoms with Crippen LogP contribution < -0.4 is 11.1 Å². The molecule has 0 aliphatic heterocycles. The predicted octanol–water partition coefficient (Wildman–Crippen LogP) is 2.54. The van der Waals surface area contributed by atoms with E-state index in [-0.39, 0.29) is 11.6 Å². The number of oxime groups is 1. The van der Waals surface area contributed by atoms with E-state index in [1.807, 2.05) is 0 Å². The number of anilines is 1. The van der Waals surface area contributed by atoms with Crippen molar-refractivity contribution in [2.45, 2.75) is 25.4 Å². The average Bonchev–Trinajstić information content (AvgIpc) is 3.20. The van der Waals surface area contributed by atoms with E-state index in [2.05, 4.69) is 10.5 Å². The summed E-state index contributed by atoms with van der Waals surface area (Å²) in [4.78, 5) is 11.6. The van der Waals surface area contributed by atoms with Gasteiger partial charge in [-0.05, 0) is 37.0 Å². The predicted molar refractivity (Wildman–Crippen MR) is 69.9 cm³/mol. The first-order valence-electron chi connectivity index (χ1n) is 6.30. The Kier molecular flexibility index (Phi) is 4.06. The molecule has 1 aliphatic carbocycles. The van der Waals surface area contributed by atoms with Gasteiger partial charge >= 0.3 is 6.18 Å². The molecule has 0 spiro atoms. The highest BCUT2D eigenvalue weighted by Gasteiger charge is 2.35. The minimum atomic E-state index is -4.68. The van der Waals surface area contributed by atoms with Gasteiger partial charge in [0.15, 0.2) is 5.84 Å². The topological polar surface area (TPSA) is 87.7 Å². The van der Waals surface area contributed by atoms with Gasteiger partial charge in [0.25, 0.3) is 0 Å². The maximum absolute atomic E-state index is 13.0. The number of rotatable bonds is 4. The SMILES string of the molecule is NC(=NO)c1ccc(NC(=O)CC2CC2)cc1C(F)(F)F. The second-order valence-corrected chi connectivity index (χ2v) is 4.94. The zero-order chi connectivity index (χ0) is 15.6. The van der Waals surface area contributed by atoms with Crippen LogP contribution in [0, 0.1) is 5.92 Å². The normalized spacial score (nSPS) is 15.9. The minimum absolute atomic E-state index is 0.0301. The molecule has 1 aliphatic rings. The standard InChI is InChI=1S/C13H14F3N3O2/c14-13(15,16)10-6-8(3-4-9(10)12(17)19-21)18-11(20)5-7-1-2-7/h3-4,6-7,21H,1-2,5H2,(H2,17,19)(H,18,20). The Hall–Kier alpha value is -2.25. The van der Waals surface area contributed by atoms with Crippen molar-refractivity contribution in [1.82, 2.24) is 0 Å². The van der Waals surface area contributed by atoms with E-state index in [9.17, 15) is 18.0 Å². The number of hydrogen-bond donors (Lipinski definition) is 3. The van der Waals surface area contributed by atoms with Crippen LogP contribution in [0.1, 0.15) is 30.4 Å². The molecule has 0 atom stereocenters. The molecular formula is C13H14F3N3O2. The third kappa shape index (κ3) is 3.87. The van der Waals surface area contributed by atoms with Crippen LogP contribution >= 0.6 is 0 Å². The molecule has 21 heavy (non-hydrogen) atoms. The maximum atomic E-state index is 13.0. The average molecular weight is 301 g/mol. The lowest BCUT2D eigenvalue weighted by Crippen LogP contribution is -2.21. The van der Waals surface area contributed by atoms with E-state index in [1.54, 1.807) is 0 Å². The monoisotopic (exact) mass is 301 g/mol. The van der Waals surface area contributed by atoms with E-state index < -0.39 is 23.1 Å². The van der Waals surface area contributed by atoms with Gasteiger partial charge in [0.2, 0.25) is 5.91 Å². The zero-order valence-electron chi connectivity index (χ0n) is 10.9. The number of nitrogens with zero attached hydrogens (tertiary/aromatic N) is 1. The second-order valence-electron chi connectivity index (χ2n) is 4.94. The van der Waals surface area contributed by atoms with E-state index in [0.29, 0.717) is 12.3 Å². The summed E-state index contributed by atoms with van der Waals surface area (Å²) in [5.74, 6) is -0.621. The fourth-order valence-corrected chi connectivity index (χ4v) is 1.93. The molecule has 0 heterocycles. The Morgan fingerprint density at radius 1 is 1.43 bits per heavy atom. The van der Waals surface area contributed by atoms with Gasteiger partial charge in [0.1, 0.15) is 0 Å². The molecule has 0 bridgehead atoms. The Labute approximate surface area is 118 Å². The van der Waals surface area contributed by atoms with E-state index in [0.717, 1.165) is 25.0 Å². The number of benzene rings is 1. The number of amidine groups is 1. The summed E-state index contributed by atoms with van der Waals surface area (Å²) in [6, 6.07) is 3.12. The second kappa shape index (κ2) is 5.63. The molecule has 0 aromatic heterocycles. The van der Waals surface area contributed by atoms with Crippen LogP contribution in [0.4, 0.5) is 18.9 Å². The molecule has 1 amide bonds. The molecule has 1 aromatic carbocycles. The summed E-state index contributed by atoms with van der Waals surface area (Å²) < 4.78 is 38.9. The highest BCUT2D eigenvalue weighted by atomic mass is 19.4. The van der Waals surface area contributed by atoms with Gasteiger partial charge in [-0.2, -0.15) is 13.2 Å². The molecule has 1 saturated carbocycles. The minimum Gasteiger partial charge on any atom is -0.409 e. The summed E-state index contributed by atoms with van der Waals surface area (Å²) in [7, 11) is 0. The third-order valence-corrected chi connectivity index (χ3v) is 3.16. The van der Waals surface area contributed by atoms with Crippen LogP contribution in [-0.2, 0) is 11.0 Å². The fraction of sp³-hybridized carbons (Fsp3) is 0.385. The van der Waals surface area contributed by atoms with Crippen molar-refractivity contribution < 1.29 is 23.2 Å². The van der Waals surface area contributed by atoms with E-state index in [1.165, 1.54) is 6.07 Å². The number of nitrogens with one attached hydrogen (secondary N) is 1. The largest absolute Gasteiger partial charge is 0.417 e. The molecule has 0 unspecified atom stereocenters. The summed E-state index contributed by atoms with van der Waals surface area (Å²) >= 11 is 0. The lowest BCUT2D eigenvalue weighted by molar-refractivity contribution is -0.137. The molecular weight excluding hydrogens is 287 g/mol. The Morgan fingerprint density at radius 2 is 2.10 bits per heavy atom.